The van der Waals surface area contributed by atoms with Gasteiger partial charge in [-0.3, -0.25) is 10.6 Å². The summed E-state index contributed by atoms with van der Waals surface area (Å²) in [5.41, 5.74) is 4.73. The maximum atomic E-state index is 12.2. The number of allylic oxidation sites excluding steroid dienone is 3. The standard InChI is InChI=1S/C12H18N4O/c13-15-11-12(17)16(7-8-5-6-8)10-4-2-1-3-9(10)14-11/h2,4,8,11,14-15H,1,3,5-7,13H2. The van der Waals surface area contributed by atoms with Gasteiger partial charge in [-0.1, -0.05) is 6.08 Å². The SMILES string of the molecule is NNC1NC2=C(C=CCC2)N(CC2CC2)C1=O. The van der Waals surface area contributed by atoms with E-state index in [2.05, 4.69) is 22.9 Å². The van der Waals surface area contributed by atoms with Gasteiger partial charge in [0.1, 0.15) is 0 Å². The quantitative estimate of drug-likeness (QED) is 0.481. The van der Waals surface area contributed by atoms with Gasteiger partial charge in [0.05, 0.1) is 5.70 Å². The van der Waals surface area contributed by atoms with Crippen LogP contribution in [-0.2, 0) is 4.79 Å². The van der Waals surface area contributed by atoms with Gasteiger partial charge in [0.2, 0.25) is 0 Å². The number of nitrogens with zero attached hydrogens (tertiary/aromatic N) is 1. The highest BCUT2D eigenvalue weighted by Gasteiger charge is 2.36. The van der Waals surface area contributed by atoms with E-state index in [9.17, 15) is 4.79 Å². The highest BCUT2D eigenvalue weighted by atomic mass is 16.2. The van der Waals surface area contributed by atoms with Crippen molar-refractivity contribution in [1.29, 1.82) is 0 Å². The minimum Gasteiger partial charge on any atom is -0.363 e. The van der Waals surface area contributed by atoms with Crippen LogP contribution < -0.4 is 16.6 Å². The maximum absolute atomic E-state index is 12.2. The van der Waals surface area contributed by atoms with E-state index >= 15 is 0 Å². The van der Waals surface area contributed by atoms with E-state index in [1.54, 1.807) is 0 Å². The van der Waals surface area contributed by atoms with E-state index in [-0.39, 0.29) is 5.91 Å². The summed E-state index contributed by atoms with van der Waals surface area (Å²) in [5.74, 6) is 6.14. The van der Waals surface area contributed by atoms with E-state index < -0.39 is 6.17 Å². The first-order chi connectivity index (χ1) is 8.29. The van der Waals surface area contributed by atoms with E-state index in [0.717, 1.165) is 30.8 Å². The molecule has 1 unspecified atom stereocenters. The number of hydrogen-bond donors (Lipinski definition) is 3. The zero-order valence-corrected chi connectivity index (χ0v) is 9.78. The molecule has 2 aliphatic carbocycles. The Labute approximate surface area is 101 Å². The molecule has 0 saturated heterocycles. The van der Waals surface area contributed by atoms with E-state index in [4.69, 9.17) is 5.84 Å². The molecule has 3 aliphatic rings. The van der Waals surface area contributed by atoms with Crippen molar-refractivity contribution in [2.45, 2.75) is 31.8 Å². The van der Waals surface area contributed by atoms with Crippen LogP contribution in [0.5, 0.6) is 0 Å². The highest BCUT2D eigenvalue weighted by molar-refractivity contribution is 5.85. The van der Waals surface area contributed by atoms with Crippen molar-refractivity contribution in [3.8, 4) is 0 Å². The topological polar surface area (TPSA) is 70.4 Å². The van der Waals surface area contributed by atoms with Crippen LogP contribution in [0.25, 0.3) is 0 Å². The third-order valence-electron chi connectivity index (χ3n) is 3.57. The van der Waals surface area contributed by atoms with Gasteiger partial charge in [0, 0.05) is 12.2 Å². The van der Waals surface area contributed by atoms with E-state index in [1.807, 2.05) is 4.90 Å². The number of rotatable bonds is 3. The van der Waals surface area contributed by atoms with Crippen LogP contribution in [0.4, 0.5) is 0 Å². The largest absolute Gasteiger partial charge is 0.363 e. The monoisotopic (exact) mass is 234 g/mol. The lowest BCUT2D eigenvalue weighted by Gasteiger charge is -2.37. The van der Waals surface area contributed by atoms with Gasteiger partial charge < -0.3 is 10.2 Å². The maximum Gasteiger partial charge on any atom is 0.265 e. The normalized spacial score (nSPS) is 28.2. The molecule has 1 saturated carbocycles. The fraction of sp³-hybridized carbons (Fsp3) is 0.583. The summed E-state index contributed by atoms with van der Waals surface area (Å²) >= 11 is 0. The first kappa shape index (κ1) is 10.8. The smallest absolute Gasteiger partial charge is 0.265 e. The lowest BCUT2D eigenvalue weighted by molar-refractivity contribution is -0.133. The number of hydrazine groups is 1. The Morgan fingerprint density at radius 1 is 1.53 bits per heavy atom. The number of nitrogens with two attached hydrogens (primary N) is 1. The van der Waals surface area contributed by atoms with Crippen LogP contribution in [-0.4, -0.2) is 23.5 Å². The molecule has 1 fully saturated rings. The van der Waals surface area contributed by atoms with Gasteiger partial charge in [0.25, 0.3) is 5.91 Å². The Kier molecular flexibility index (Phi) is 2.64. The molecule has 0 aromatic rings. The second-order valence-electron chi connectivity index (χ2n) is 4.94. The van der Waals surface area contributed by atoms with Crippen molar-refractivity contribution in [3.05, 3.63) is 23.5 Å². The average Bonchev–Trinajstić information content (AvgIpc) is 3.16. The number of nitrogens with one attached hydrogen (secondary N) is 2. The fourth-order valence-electron chi connectivity index (χ4n) is 2.42. The fourth-order valence-corrected chi connectivity index (χ4v) is 2.42. The zero-order chi connectivity index (χ0) is 11.8. The van der Waals surface area contributed by atoms with Gasteiger partial charge in [-0.25, -0.2) is 5.43 Å². The molecule has 5 heteroatoms. The number of carbonyl (C=O) groups excluding carboxylic acids is 1. The van der Waals surface area contributed by atoms with E-state index in [1.165, 1.54) is 12.8 Å². The Morgan fingerprint density at radius 3 is 3.06 bits per heavy atom. The molecule has 3 rings (SSSR count). The summed E-state index contributed by atoms with van der Waals surface area (Å²) in [6.07, 6.45) is 8.17. The minimum absolute atomic E-state index is 0.0321. The van der Waals surface area contributed by atoms with E-state index in [0.29, 0.717) is 5.92 Å². The summed E-state index contributed by atoms with van der Waals surface area (Å²) < 4.78 is 0. The molecular formula is C12H18N4O. The Morgan fingerprint density at radius 2 is 2.35 bits per heavy atom. The van der Waals surface area contributed by atoms with Gasteiger partial charge in [-0.2, -0.15) is 0 Å². The second kappa shape index (κ2) is 4.16. The predicted molar refractivity (Wildman–Crippen MR) is 64.1 cm³/mol. The van der Waals surface area contributed by atoms with Crippen LogP contribution in [0.15, 0.2) is 23.5 Å². The molecule has 0 bridgehead atoms. The lowest BCUT2D eigenvalue weighted by Crippen LogP contribution is -2.60. The molecule has 0 aromatic heterocycles. The zero-order valence-electron chi connectivity index (χ0n) is 9.78. The lowest BCUT2D eigenvalue weighted by atomic mass is 10.0. The molecular weight excluding hydrogens is 216 g/mol. The third kappa shape index (κ3) is 1.96. The molecule has 1 heterocycles. The van der Waals surface area contributed by atoms with Crippen LogP contribution in [0, 0.1) is 5.92 Å². The van der Waals surface area contributed by atoms with Crippen LogP contribution >= 0.6 is 0 Å². The molecule has 0 spiro atoms. The van der Waals surface area contributed by atoms with Crippen molar-refractivity contribution in [2.24, 2.45) is 11.8 Å². The molecule has 4 N–H and O–H groups in total. The molecule has 0 radical (unpaired) electrons. The number of carbonyl (C=O) groups is 1. The first-order valence-electron chi connectivity index (χ1n) is 6.23. The summed E-state index contributed by atoms with van der Waals surface area (Å²) in [6.45, 7) is 0.835. The van der Waals surface area contributed by atoms with Crippen molar-refractivity contribution in [2.75, 3.05) is 6.54 Å². The Hall–Kier alpha value is -1.33. The van der Waals surface area contributed by atoms with Crippen molar-refractivity contribution in [1.82, 2.24) is 15.6 Å². The second-order valence-corrected chi connectivity index (χ2v) is 4.94. The van der Waals surface area contributed by atoms with Gasteiger partial charge in [0.15, 0.2) is 6.17 Å². The summed E-state index contributed by atoms with van der Waals surface area (Å²) in [5, 5.41) is 3.18. The number of amides is 1. The molecule has 17 heavy (non-hydrogen) atoms. The molecule has 1 aliphatic heterocycles. The molecule has 0 aromatic carbocycles. The molecule has 1 amide bonds. The molecule has 92 valence electrons. The van der Waals surface area contributed by atoms with Gasteiger partial charge >= 0.3 is 0 Å². The summed E-state index contributed by atoms with van der Waals surface area (Å²) in [4.78, 5) is 14.1. The van der Waals surface area contributed by atoms with Crippen LogP contribution in [0.1, 0.15) is 25.7 Å². The Balaban J connectivity index is 1.89. The predicted octanol–water partition coefficient (Wildman–Crippen LogP) is 0.179. The summed E-state index contributed by atoms with van der Waals surface area (Å²) in [6, 6.07) is 0. The first-order valence-corrected chi connectivity index (χ1v) is 6.23. The van der Waals surface area contributed by atoms with Crippen molar-refractivity contribution in [3.63, 3.8) is 0 Å². The van der Waals surface area contributed by atoms with Crippen LogP contribution in [0.3, 0.4) is 0 Å². The Bertz CT molecular complexity index is 397. The van der Waals surface area contributed by atoms with Crippen LogP contribution in [0.2, 0.25) is 0 Å². The van der Waals surface area contributed by atoms with Crippen molar-refractivity contribution < 1.29 is 4.79 Å². The molecule has 5 nitrogen and oxygen atoms in total. The third-order valence-corrected chi connectivity index (χ3v) is 3.57. The average molecular weight is 234 g/mol. The minimum atomic E-state index is -0.473. The summed E-state index contributed by atoms with van der Waals surface area (Å²) in [7, 11) is 0. The number of hydrogen-bond acceptors (Lipinski definition) is 4. The van der Waals surface area contributed by atoms with Crippen molar-refractivity contribution >= 4 is 5.91 Å². The van der Waals surface area contributed by atoms with Gasteiger partial charge in [-0.15, -0.1) is 0 Å². The van der Waals surface area contributed by atoms with Gasteiger partial charge in [-0.05, 0) is 37.7 Å². The highest BCUT2D eigenvalue weighted by Crippen LogP contribution is 2.33. The molecule has 1 atom stereocenters.